The van der Waals surface area contributed by atoms with E-state index in [1.807, 2.05) is 0 Å². The van der Waals surface area contributed by atoms with Gasteiger partial charge in [-0.3, -0.25) is 0 Å². The summed E-state index contributed by atoms with van der Waals surface area (Å²) in [6.45, 7) is -8.57. The van der Waals surface area contributed by atoms with E-state index in [0.717, 1.165) is 29.2 Å². The average Bonchev–Trinajstić information content (AvgIpc) is 2.82. The Morgan fingerprint density at radius 2 is 1.81 bits per heavy atom. The number of rotatable bonds is 8. The van der Waals surface area contributed by atoms with Gasteiger partial charge >= 0.3 is 6.03 Å². The van der Waals surface area contributed by atoms with E-state index in [0.29, 0.717) is 4.90 Å². The third-order valence-electron chi connectivity index (χ3n) is 4.39. The number of carbonyl (C=O) groups excluding carboxylic acids is 1. The molecule has 0 unspecified atom stereocenters. The predicted molar refractivity (Wildman–Crippen MR) is 121 cm³/mol. The average molecular weight is 438 g/mol. The lowest BCUT2D eigenvalue weighted by molar-refractivity contribution is 0.127. The van der Waals surface area contributed by atoms with Crippen LogP contribution in [0.4, 0.5) is 9.18 Å². The van der Waals surface area contributed by atoms with Crippen LogP contribution in [0.5, 0.6) is 5.75 Å². The summed E-state index contributed by atoms with van der Waals surface area (Å²) in [6.07, 6.45) is -0.964. The monoisotopic (exact) mass is 437 g/mol. The van der Waals surface area contributed by atoms with Crippen LogP contribution in [-0.2, 0) is 13.0 Å². The summed E-state index contributed by atoms with van der Waals surface area (Å²) in [7, 11) is 1.24. The van der Waals surface area contributed by atoms with Crippen molar-refractivity contribution in [2.45, 2.75) is 45.7 Å². The number of urea groups is 1. The molecule has 31 heavy (non-hydrogen) atoms. The van der Waals surface area contributed by atoms with Gasteiger partial charge in [-0.1, -0.05) is 38.1 Å². The molecule has 1 aliphatic heterocycles. The number of hydrogen-bond acceptors (Lipinski definition) is 3. The number of piperidine rings is 1. The van der Waals surface area contributed by atoms with Gasteiger partial charge in [0, 0.05) is 24.5 Å². The molecule has 1 heterocycles. The molecule has 0 spiro atoms. The molecule has 1 saturated heterocycles. The molecule has 5 nitrogen and oxygen atoms in total. The van der Waals surface area contributed by atoms with E-state index in [4.69, 9.17) is 18.4 Å². The quantitative estimate of drug-likeness (QED) is 0.653. The molecule has 1 aliphatic rings. The van der Waals surface area contributed by atoms with Crippen LogP contribution in [0, 0.1) is 11.7 Å². The summed E-state index contributed by atoms with van der Waals surface area (Å²) in [5, 5.41) is 2.14. The molecule has 1 fully saturated rings. The Balaban J connectivity index is 1.97. The van der Waals surface area contributed by atoms with Crippen LogP contribution in [0.3, 0.4) is 0 Å². The van der Waals surface area contributed by atoms with Gasteiger partial charge in [-0.15, -0.1) is 0 Å². The Labute approximate surface area is 199 Å². The first-order valence-electron chi connectivity index (χ1n) is 15.0. The fourth-order valence-corrected chi connectivity index (χ4v) is 2.74. The summed E-state index contributed by atoms with van der Waals surface area (Å²) < 4.78 is 103. The van der Waals surface area contributed by atoms with Gasteiger partial charge in [-0.25, -0.2) is 9.18 Å². The molecular formula is C25H34FN3O2. The molecule has 6 heteroatoms. The Kier molecular flexibility index (Phi) is 4.70. The maximum atomic E-state index is 13.7. The number of nitrogens with zero attached hydrogens (tertiary/aromatic N) is 2. The minimum absolute atomic E-state index is 0.0698. The van der Waals surface area contributed by atoms with Crippen LogP contribution in [0.15, 0.2) is 48.5 Å². The molecule has 0 radical (unpaired) electrons. The first-order valence-corrected chi connectivity index (χ1v) is 10.0. The third-order valence-corrected chi connectivity index (χ3v) is 4.39. The highest BCUT2D eigenvalue weighted by atomic mass is 19.1. The number of hydrogen-bond donors (Lipinski definition) is 1. The Morgan fingerprint density at radius 1 is 1.19 bits per heavy atom. The van der Waals surface area contributed by atoms with E-state index in [9.17, 15) is 9.18 Å². The van der Waals surface area contributed by atoms with E-state index >= 15 is 0 Å². The van der Waals surface area contributed by atoms with Gasteiger partial charge in [0.25, 0.3) is 0 Å². The van der Waals surface area contributed by atoms with E-state index in [-0.39, 0.29) is 16.9 Å². The van der Waals surface area contributed by atoms with Crippen molar-refractivity contribution in [3.05, 3.63) is 65.5 Å². The lowest BCUT2D eigenvalue weighted by Crippen LogP contribution is -2.49. The topological polar surface area (TPSA) is 44.8 Å². The minimum atomic E-state index is -2.72. The van der Waals surface area contributed by atoms with Crippen molar-refractivity contribution in [2.75, 3.05) is 26.6 Å². The molecule has 1 N–H and O–H groups in total. The second-order valence-corrected chi connectivity index (χ2v) is 7.38. The van der Waals surface area contributed by atoms with Crippen LogP contribution in [0.25, 0.3) is 0 Å². The van der Waals surface area contributed by atoms with Gasteiger partial charge in [0.15, 0.2) is 0 Å². The zero-order valence-electron chi connectivity index (χ0n) is 27.8. The fraction of sp³-hybridized carbons (Fsp3) is 0.480. The second kappa shape index (κ2) is 11.1. The van der Waals surface area contributed by atoms with Crippen molar-refractivity contribution in [2.24, 2.45) is 5.92 Å². The molecule has 2 aromatic rings. The largest absolute Gasteiger partial charge is 0.493 e. The van der Waals surface area contributed by atoms with Crippen molar-refractivity contribution in [1.29, 1.82) is 0 Å². The standard InChI is InChI=1S/C25H34FN3O2/c1-19(2)18-31-24-10-6-20(7-11-24)16-27-25(30)29(23-12-14-28(3)15-13-23)17-21-4-8-22(26)9-5-21/h4-11,19,23H,12-18H2,1-3H3,(H,27,30)/i14D2,15D2,16D2,17D2,18D2. The fourth-order valence-electron chi connectivity index (χ4n) is 2.74. The van der Waals surface area contributed by atoms with Crippen LogP contribution < -0.4 is 10.1 Å². The van der Waals surface area contributed by atoms with E-state index < -0.39 is 69.2 Å². The molecule has 0 aliphatic carbocycles. The highest BCUT2D eigenvalue weighted by Gasteiger charge is 2.27. The Hall–Kier alpha value is -2.60. The normalized spacial score (nSPS) is 24.5. The number of benzene rings is 2. The van der Waals surface area contributed by atoms with E-state index in [1.165, 1.54) is 31.3 Å². The van der Waals surface area contributed by atoms with Crippen LogP contribution in [0.1, 0.15) is 51.5 Å². The summed E-state index contributed by atoms with van der Waals surface area (Å²) in [6, 6.07) is 6.76. The van der Waals surface area contributed by atoms with Gasteiger partial charge in [-0.05, 0) is 74.2 Å². The molecule has 0 atom stereocenters. The lowest BCUT2D eigenvalue weighted by atomic mass is 10.0. The number of ether oxygens (including phenoxy) is 1. The minimum Gasteiger partial charge on any atom is -0.493 e. The van der Waals surface area contributed by atoms with E-state index in [1.54, 1.807) is 13.8 Å². The third kappa shape index (κ3) is 7.24. The highest BCUT2D eigenvalue weighted by Crippen LogP contribution is 2.19. The summed E-state index contributed by atoms with van der Waals surface area (Å²) in [4.78, 5) is 15.1. The summed E-state index contributed by atoms with van der Waals surface area (Å²) >= 11 is 0. The van der Waals surface area contributed by atoms with Crippen molar-refractivity contribution in [3.8, 4) is 5.75 Å². The van der Waals surface area contributed by atoms with Crippen molar-refractivity contribution >= 4 is 6.03 Å². The maximum Gasteiger partial charge on any atom is 0.318 e. The van der Waals surface area contributed by atoms with Gasteiger partial charge in [0.1, 0.15) is 11.6 Å². The van der Waals surface area contributed by atoms with Crippen LogP contribution in [0.2, 0.25) is 0 Å². The first kappa shape index (κ1) is 13.1. The number of halogens is 1. The highest BCUT2D eigenvalue weighted by molar-refractivity contribution is 5.74. The first-order chi connectivity index (χ1) is 18.6. The van der Waals surface area contributed by atoms with Crippen molar-refractivity contribution < 1.29 is 27.6 Å². The van der Waals surface area contributed by atoms with Gasteiger partial charge < -0.3 is 19.9 Å². The molecule has 3 rings (SSSR count). The summed E-state index contributed by atoms with van der Waals surface area (Å²) in [5.41, 5.74) is -0.241. The van der Waals surface area contributed by atoms with Gasteiger partial charge in [-0.2, -0.15) is 0 Å². The number of nitrogens with one attached hydrogen (secondary N) is 1. The number of amides is 2. The SMILES string of the molecule is [2H]C([2H])(NC(=O)N(C1CC([2H])([2H])N(C)C([2H])([2H])C1)C([2H])([2H])c1ccc(F)cc1)c1ccc(OC([2H])([2H])C(C)C)cc1. The molecule has 0 bridgehead atoms. The van der Waals surface area contributed by atoms with Gasteiger partial charge in [0.05, 0.1) is 14.8 Å². The van der Waals surface area contributed by atoms with Crippen LogP contribution >= 0.6 is 0 Å². The smallest absolute Gasteiger partial charge is 0.318 e. The molecule has 2 aromatic carbocycles. The molecule has 0 saturated carbocycles. The Bertz CT molecular complexity index is 1210. The number of carbonyl (C=O) groups is 1. The second-order valence-electron chi connectivity index (χ2n) is 7.38. The summed E-state index contributed by atoms with van der Waals surface area (Å²) in [5.74, 6) is -0.996. The van der Waals surface area contributed by atoms with E-state index in [2.05, 4.69) is 5.32 Å². The van der Waals surface area contributed by atoms with Crippen LogP contribution in [-0.4, -0.2) is 48.5 Å². The molecule has 168 valence electrons. The molecule has 0 aromatic heterocycles. The lowest BCUT2D eigenvalue weighted by Gasteiger charge is -2.37. The van der Waals surface area contributed by atoms with Gasteiger partial charge in [0.2, 0.25) is 0 Å². The van der Waals surface area contributed by atoms with Crippen molar-refractivity contribution in [3.63, 3.8) is 0 Å². The molecular weight excluding hydrogens is 393 g/mol. The zero-order chi connectivity index (χ0) is 31.2. The van der Waals surface area contributed by atoms with Crippen molar-refractivity contribution in [1.82, 2.24) is 15.1 Å². The zero-order valence-corrected chi connectivity index (χ0v) is 17.8. The Morgan fingerprint density at radius 3 is 2.42 bits per heavy atom. The molecule has 2 amide bonds. The number of likely N-dealkylation sites (tertiary alicyclic amines) is 1. The predicted octanol–water partition coefficient (Wildman–Crippen LogP) is 4.67. The maximum absolute atomic E-state index is 13.7.